The van der Waals surface area contributed by atoms with Crippen LogP contribution in [-0.4, -0.2) is 70.7 Å². The van der Waals surface area contributed by atoms with E-state index in [2.05, 4.69) is 10.2 Å². The van der Waals surface area contributed by atoms with Crippen molar-refractivity contribution in [3.63, 3.8) is 0 Å². The van der Waals surface area contributed by atoms with Crippen molar-refractivity contribution in [2.45, 2.75) is 18.9 Å². The lowest BCUT2D eigenvalue weighted by molar-refractivity contribution is -0.139. The minimum absolute atomic E-state index is 0.000220. The zero-order valence-corrected chi connectivity index (χ0v) is 12.9. The highest BCUT2D eigenvalue weighted by molar-refractivity contribution is 7.17. The molecule has 0 spiro atoms. The number of hydrogen-bond acceptors (Lipinski definition) is 6. The van der Waals surface area contributed by atoms with Gasteiger partial charge in [-0.3, -0.25) is 9.59 Å². The maximum Gasteiger partial charge on any atom is 0.285 e. The predicted molar refractivity (Wildman–Crippen MR) is 76.4 cm³/mol. The molecule has 0 N–H and O–H groups in total. The molecule has 1 unspecified atom stereocenters. The second-order valence-corrected chi connectivity index (χ2v) is 6.51. The number of halogens is 1. The fraction of sp³-hybridized carbons (Fsp3) is 0.667. The maximum absolute atomic E-state index is 12.6. The number of aromatic nitrogens is 2. The van der Waals surface area contributed by atoms with Crippen molar-refractivity contribution in [2.75, 3.05) is 32.8 Å². The van der Waals surface area contributed by atoms with Crippen LogP contribution in [0.3, 0.4) is 0 Å². The van der Waals surface area contributed by atoms with Crippen LogP contribution in [0.25, 0.3) is 0 Å². The summed E-state index contributed by atoms with van der Waals surface area (Å²) in [7, 11) is 0. The number of carbonyl (C=O) groups is 2. The standard InChI is InChI=1S/C12H15ClN4O3S/c13-12-15-14-9(21-12)11(19)17-3-1-2-8(17)10(18)16-4-6-20-7-5-16/h8H,1-7H2. The Labute approximate surface area is 130 Å². The molecule has 0 aromatic carbocycles. The average Bonchev–Trinajstić information content (AvgIpc) is 3.15. The first-order valence-corrected chi connectivity index (χ1v) is 8.03. The normalized spacial score (nSPS) is 22.6. The number of rotatable bonds is 2. The molecule has 1 aromatic heterocycles. The Balaban J connectivity index is 1.72. The van der Waals surface area contributed by atoms with E-state index in [1.165, 1.54) is 0 Å². The number of carbonyl (C=O) groups excluding carboxylic acids is 2. The van der Waals surface area contributed by atoms with Crippen molar-refractivity contribution >= 4 is 34.8 Å². The van der Waals surface area contributed by atoms with E-state index in [-0.39, 0.29) is 21.3 Å². The van der Waals surface area contributed by atoms with Gasteiger partial charge in [0.1, 0.15) is 6.04 Å². The largest absolute Gasteiger partial charge is 0.378 e. The summed E-state index contributed by atoms with van der Waals surface area (Å²) in [5, 5.41) is 7.65. The van der Waals surface area contributed by atoms with E-state index in [0.29, 0.717) is 39.3 Å². The summed E-state index contributed by atoms with van der Waals surface area (Å²) in [5.74, 6) is -0.261. The van der Waals surface area contributed by atoms with E-state index < -0.39 is 6.04 Å². The lowest BCUT2D eigenvalue weighted by atomic mass is 10.2. The Hall–Kier alpha value is -1.25. The van der Waals surface area contributed by atoms with E-state index in [1.807, 2.05) is 0 Å². The summed E-state index contributed by atoms with van der Waals surface area (Å²) < 4.78 is 5.48. The van der Waals surface area contributed by atoms with E-state index in [1.54, 1.807) is 9.80 Å². The molecule has 114 valence electrons. The van der Waals surface area contributed by atoms with Crippen molar-refractivity contribution in [3.8, 4) is 0 Å². The van der Waals surface area contributed by atoms with Gasteiger partial charge in [0.05, 0.1) is 13.2 Å². The van der Waals surface area contributed by atoms with Gasteiger partial charge in [0.15, 0.2) is 0 Å². The van der Waals surface area contributed by atoms with Gasteiger partial charge in [-0.1, -0.05) is 11.3 Å². The van der Waals surface area contributed by atoms with Gasteiger partial charge in [0, 0.05) is 19.6 Å². The highest BCUT2D eigenvalue weighted by atomic mass is 35.5. The second-order valence-electron chi connectivity index (χ2n) is 4.95. The van der Waals surface area contributed by atoms with Crippen LogP contribution in [0.1, 0.15) is 22.6 Å². The third kappa shape index (κ3) is 3.02. The fourth-order valence-corrected chi connectivity index (χ4v) is 3.46. The van der Waals surface area contributed by atoms with Gasteiger partial charge in [-0.15, -0.1) is 10.2 Å². The molecule has 2 saturated heterocycles. The monoisotopic (exact) mass is 330 g/mol. The van der Waals surface area contributed by atoms with Crippen LogP contribution in [-0.2, 0) is 9.53 Å². The van der Waals surface area contributed by atoms with Gasteiger partial charge in [0.2, 0.25) is 15.4 Å². The molecule has 3 rings (SSSR count). The Kier molecular flexibility index (Phi) is 4.37. The van der Waals surface area contributed by atoms with Crippen LogP contribution < -0.4 is 0 Å². The van der Waals surface area contributed by atoms with E-state index in [0.717, 1.165) is 17.8 Å². The molecule has 2 aliphatic heterocycles. The molecule has 1 atom stereocenters. The van der Waals surface area contributed by atoms with Crippen LogP contribution in [0.15, 0.2) is 0 Å². The molecule has 0 bridgehead atoms. The first kappa shape index (κ1) is 14.7. The van der Waals surface area contributed by atoms with Crippen molar-refractivity contribution in [1.29, 1.82) is 0 Å². The van der Waals surface area contributed by atoms with Crippen molar-refractivity contribution in [2.24, 2.45) is 0 Å². The van der Waals surface area contributed by atoms with E-state index in [9.17, 15) is 9.59 Å². The van der Waals surface area contributed by atoms with Crippen molar-refractivity contribution in [1.82, 2.24) is 20.0 Å². The number of hydrogen-bond donors (Lipinski definition) is 0. The molecule has 1 aromatic rings. The molecule has 0 aliphatic carbocycles. The van der Waals surface area contributed by atoms with Gasteiger partial charge >= 0.3 is 0 Å². The molecule has 9 heteroatoms. The zero-order chi connectivity index (χ0) is 14.8. The predicted octanol–water partition coefficient (Wildman–Crippen LogP) is 0.655. The highest BCUT2D eigenvalue weighted by Crippen LogP contribution is 2.24. The molecule has 21 heavy (non-hydrogen) atoms. The molecule has 2 aliphatic rings. The second kappa shape index (κ2) is 6.25. The Morgan fingerprint density at radius 3 is 2.67 bits per heavy atom. The van der Waals surface area contributed by atoms with Crippen molar-refractivity contribution < 1.29 is 14.3 Å². The van der Waals surface area contributed by atoms with Gasteiger partial charge in [-0.25, -0.2) is 0 Å². The smallest absolute Gasteiger partial charge is 0.285 e. The third-order valence-electron chi connectivity index (χ3n) is 3.70. The third-order valence-corrected chi connectivity index (χ3v) is 4.71. The van der Waals surface area contributed by atoms with Crippen LogP contribution in [0.5, 0.6) is 0 Å². The first-order valence-electron chi connectivity index (χ1n) is 6.83. The van der Waals surface area contributed by atoms with Gasteiger partial charge in [-0.2, -0.15) is 0 Å². The summed E-state index contributed by atoms with van der Waals surface area (Å²) in [4.78, 5) is 28.4. The SMILES string of the molecule is O=C(C1CCCN1C(=O)c1nnc(Cl)s1)N1CCOCC1. The topological polar surface area (TPSA) is 75.6 Å². The summed E-state index contributed by atoms with van der Waals surface area (Å²) in [6, 6.07) is -0.404. The highest BCUT2D eigenvalue weighted by Gasteiger charge is 2.38. The van der Waals surface area contributed by atoms with Crippen molar-refractivity contribution in [3.05, 3.63) is 9.47 Å². The molecular weight excluding hydrogens is 316 g/mol. The molecule has 2 fully saturated rings. The Bertz CT molecular complexity index is 546. The van der Waals surface area contributed by atoms with Crippen LogP contribution >= 0.6 is 22.9 Å². The molecule has 2 amide bonds. The van der Waals surface area contributed by atoms with Crippen LogP contribution in [0.4, 0.5) is 0 Å². The number of amides is 2. The van der Waals surface area contributed by atoms with Crippen LogP contribution in [0.2, 0.25) is 4.47 Å². The summed E-state index contributed by atoms with van der Waals surface area (Å²) in [6.07, 6.45) is 1.51. The van der Waals surface area contributed by atoms with Gasteiger partial charge in [-0.05, 0) is 24.4 Å². The number of ether oxygens (including phenoxy) is 1. The average molecular weight is 331 g/mol. The van der Waals surface area contributed by atoms with Gasteiger partial charge < -0.3 is 14.5 Å². The maximum atomic E-state index is 12.6. The summed E-state index contributed by atoms with van der Waals surface area (Å²) in [6.45, 7) is 2.84. The van der Waals surface area contributed by atoms with Gasteiger partial charge in [0.25, 0.3) is 5.91 Å². The lowest BCUT2D eigenvalue weighted by Gasteiger charge is -2.32. The van der Waals surface area contributed by atoms with E-state index in [4.69, 9.17) is 16.3 Å². The molecule has 3 heterocycles. The number of likely N-dealkylation sites (tertiary alicyclic amines) is 1. The molecule has 0 saturated carbocycles. The zero-order valence-electron chi connectivity index (χ0n) is 11.3. The Morgan fingerprint density at radius 1 is 1.24 bits per heavy atom. The first-order chi connectivity index (χ1) is 10.2. The number of morpholine rings is 1. The van der Waals surface area contributed by atoms with Crippen LogP contribution in [0, 0.1) is 0 Å². The molecule has 0 radical (unpaired) electrons. The van der Waals surface area contributed by atoms with E-state index >= 15 is 0 Å². The Morgan fingerprint density at radius 2 is 2.00 bits per heavy atom. The molecular formula is C12H15ClN4O3S. The quantitative estimate of drug-likeness (QED) is 0.796. The summed E-state index contributed by atoms with van der Waals surface area (Å²) >= 11 is 6.76. The summed E-state index contributed by atoms with van der Waals surface area (Å²) in [5.41, 5.74) is 0. The minimum atomic E-state index is -0.404. The fourth-order valence-electron chi connectivity index (χ4n) is 2.68. The minimum Gasteiger partial charge on any atom is -0.378 e. The molecule has 7 nitrogen and oxygen atoms in total. The lowest BCUT2D eigenvalue weighted by Crippen LogP contribution is -2.51. The number of nitrogens with zero attached hydrogens (tertiary/aromatic N) is 4.